The number of halogens is 2. The molecule has 0 aliphatic carbocycles. The van der Waals surface area contributed by atoms with Gasteiger partial charge < -0.3 is 16.4 Å². The van der Waals surface area contributed by atoms with Crippen LogP contribution in [-0.4, -0.2) is 37.4 Å². The van der Waals surface area contributed by atoms with E-state index in [4.69, 9.17) is 11.1 Å². The monoisotopic (exact) mass is 286 g/mol. The summed E-state index contributed by atoms with van der Waals surface area (Å²) in [7, 11) is 0. The van der Waals surface area contributed by atoms with Crippen molar-refractivity contribution < 1.29 is 8.78 Å². The van der Waals surface area contributed by atoms with Crippen LogP contribution in [0, 0.1) is 5.41 Å². The molecule has 0 spiro atoms. The van der Waals surface area contributed by atoms with Gasteiger partial charge in [-0.15, -0.1) is 0 Å². The molecule has 0 aromatic rings. The Labute approximate surface area is 119 Å². The summed E-state index contributed by atoms with van der Waals surface area (Å²) in [5.41, 5.74) is 6.08. The Kier molecular flexibility index (Phi) is 6.81. The number of amidine groups is 1. The Morgan fingerprint density at radius 2 is 2.20 bits per heavy atom. The lowest BCUT2D eigenvalue weighted by atomic mass is 9.98. The highest BCUT2D eigenvalue weighted by Crippen LogP contribution is 2.24. The highest BCUT2D eigenvalue weighted by Gasteiger charge is 2.23. The van der Waals surface area contributed by atoms with Crippen LogP contribution in [0.2, 0.25) is 0 Å². The van der Waals surface area contributed by atoms with Crippen molar-refractivity contribution in [1.82, 2.24) is 10.6 Å². The molecule has 0 bridgehead atoms. The molecule has 0 aromatic heterocycles. The van der Waals surface area contributed by atoms with Crippen LogP contribution in [-0.2, 0) is 0 Å². The van der Waals surface area contributed by atoms with E-state index in [9.17, 15) is 8.78 Å². The first kappa shape index (κ1) is 16.8. The molecule has 6 heteroatoms. The van der Waals surface area contributed by atoms with Crippen molar-refractivity contribution >= 4 is 5.84 Å². The van der Waals surface area contributed by atoms with Crippen LogP contribution in [0.4, 0.5) is 8.78 Å². The molecule has 1 rings (SSSR count). The maximum absolute atomic E-state index is 13.1. The molecule has 2 atom stereocenters. The second-order valence-electron chi connectivity index (χ2n) is 5.09. The summed E-state index contributed by atoms with van der Waals surface area (Å²) in [6.07, 6.45) is 1.94. The number of nitrogens with two attached hydrogens (primary N) is 1. The number of nitrogens with one attached hydrogen (secondary N) is 3. The zero-order chi connectivity index (χ0) is 15.1. The molecular weight excluding hydrogens is 262 g/mol. The lowest BCUT2D eigenvalue weighted by molar-refractivity contribution is 0.191. The minimum Gasteiger partial charge on any atom is -0.388 e. The molecular formula is C14H24F2N4. The van der Waals surface area contributed by atoms with Gasteiger partial charge in [-0.25, -0.2) is 8.78 Å². The second-order valence-corrected chi connectivity index (χ2v) is 5.09. The topological polar surface area (TPSA) is 83.8 Å². The molecule has 1 fully saturated rings. The summed E-state index contributed by atoms with van der Waals surface area (Å²) >= 11 is 0. The number of alkyl halides is 2. The molecule has 2 unspecified atom stereocenters. The van der Waals surface area contributed by atoms with Crippen LogP contribution in [0.25, 0.3) is 0 Å². The molecule has 5 N–H and O–H groups in total. The molecule has 0 aromatic carbocycles. The van der Waals surface area contributed by atoms with E-state index in [0.29, 0.717) is 25.0 Å². The minimum absolute atomic E-state index is 0.0647. The van der Waals surface area contributed by atoms with E-state index in [1.807, 2.05) is 6.92 Å². The zero-order valence-electron chi connectivity index (χ0n) is 12.0. The summed E-state index contributed by atoms with van der Waals surface area (Å²) in [6, 6.07) is 0.157. The van der Waals surface area contributed by atoms with Crippen molar-refractivity contribution in [3.8, 4) is 0 Å². The third-order valence-corrected chi connectivity index (χ3v) is 3.19. The maximum Gasteiger partial charge on any atom is 0.263 e. The Hall–Kier alpha value is -1.27. The van der Waals surface area contributed by atoms with Crippen LogP contribution >= 0.6 is 0 Å². The molecule has 4 nitrogen and oxygen atoms in total. The van der Waals surface area contributed by atoms with Crippen LogP contribution < -0.4 is 16.4 Å². The fourth-order valence-electron chi connectivity index (χ4n) is 1.98. The predicted octanol–water partition coefficient (Wildman–Crippen LogP) is 1.79. The Morgan fingerprint density at radius 3 is 2.65 bits per heavy atom. The van der Waals surface area contributed by atoms with Crippen LogP contribution in [0.1, 0.15) is 26.7 Å². The van der Waals surface area contributed by atoms with Crippen LogP contribution in [0.5, 0.6) is 0 Å². The zero-order valence-corrected chi connectivity index (χ0v) is 12.0. The minimum atomic E-state index is -2.45. The standard InChI is InChI=1S/C14H24F2N4/c1-3-10(6-9(2)19-5-4-13(17)18)12(14(15)16)7-11-8-20-11/h3,7,9,11,14,19-20H,4-6,8H2,1-2H3,(H3,17,18)/b10-3-,12-7+. The van der Waals surface area contributed by atoms with Gasteiger partial charge in [0.2, 0.25) is 0 Å². The average molecular weight is 286 g/mol. The normalized spacial score (nSPS) is 21.1. The first-order valence-corrected chi connectivity index (χ1v) is 6.89. The number of hydrogen-bond acceptors (Lipinski definition) is 3. The van der Waals surface area contributed by atoms with E-state index in [1.54, 1.807) is 19.1 Å². The molecule has 1 aliphatic rings. The van der Waals surface area contributed by atoms with E-state index >= 15 is 0 Å². The first-order valence-electron chi connectivity index (χ1n) is 6.89. The third-order valence-electron chi connectivity index (χ3n) is 3.19. The van der Waals surface area contributed by atoms with E-state index in [1.165, 1.54) is 0 Å². The molecule has 0 amide bonds. The summed E-state index contributed by atoms with van der Waals surface area (Å²) in [5.74, 6) is 0.129. The van der Waals surface area contributed by atoms with Gasteiger partial charge in [-0.3, -0.25) is 5.41 Å². The lowest BCUT2D eigenvalue weighted by Crippen LogP contribution is -2.30. The molecule has 0 radical (unpaired) electrons. The van der Waals surface area contributed by atoms with Crippen LogP contribution in [0.3, 0.4) is 0 Å². The van der Waals surface area contributed by atoms with E-state index in [0.717, 1.165) is 6.54 Å². The summed E-state index contributed by atoms with van der Waals surface area (Å²) in [5, 5.41) is 13.3. The van der Waals surface area contributed by atoms with E-state index in [2.05, 4.69) is 10.6 Å². The molecule has 1 aliphatic heterocycles. The highest BCUT2D eigenvalue weighted by atomic mass is 19.3. The number of rotatable bonds is 9. The van der Waals surface area contributed by atoms with Gasteiger partial charge in [-0.1, -0.05) is 12.2 Å². The highest BCUT2D eigenvalue weighted by molar-refractivity contribution is 5.76. The van der Waals surface area contributed by atoms with Crippen molar-refractivity contribution in [2.24, 2.45) is 5.73 Å². The largest absolute Gasteiger partial charge is 0.388 e. The Balaban J connectivity index is 2.54. The lowest BCUT2D eigenvalue weighted by Gasteiger charge is -2.18. The molecule has 20 heavy (non-hydrogen) atoms. The van der Waals surface area contributed by atoms with Crippen molar-refractivity contribution in [2.75, 3.05) is 13.1 Å². The SMILES string of the molecule is C/C=C(CC(C)NCCC(=N)N)\C(=C/C1CN1)C(F)F. The van der Waals surface area contributed by atoms with Crippen molar-refractivity contribution in [2.45, 2.75) is 45.2 Å². The number of allylic oxidation sites excluding steroid dienone is 2. The van der Waals surface area contributed by atoms with Gasteiger partial charge in [0.15, 0.2) is 0 Å². The smallest absolute Gasteiger partial charge is 0.263 e. The summed E-state index contributed by atoms with van der Waals surface area (Å²) < 4.78 is 26.3. The second kappa shape index (κ2) is 8.11. The van der Waals surface area contributed by atoms with Gasteiger partial charge in [0.25, 0.3) is 6.43 Å². The molecule has 1 saturated heterocycles. The van der Waals surface area contributed by atoms with Gasteiger partial charge in [-0.2, -0.15) is 0 Å². The Morgan fingerprint density at radius 1 is 1.55 bits per heavy atom. The summed E-state index contributed by atoms with van der Waals surface area (Å²) in [6.45, 7) is 5.10. The van der Waals surface area contributed by atoms with Crippen molar-refractivity contribution in [3.05, 3.63) is 23.3 Å². The van der Waals surface area contributed by atoms with Gasteiger partial charge >= 0.3 is 0 Å². The quantitative estimate of drug-likeness (QED) is 0.226. The van der Waals surface area contributed by atoms with Crippen LogP contribution in [0.15, 0.2) is 23.3 Å². The number of hydrogen-bond donors (Lipinski definition) is 4. The van der Waals surface area contributed by atoms with Gasteiger partial charge in [0, 0.05) is 37.2 Å². The average Bonchev–Trinajstić information content (AvgIpc) is 3.16. The summed E-state index contributed by atoms with van der Waals surface area (Å²) in [4.78, 5) is 0. The molecule has 1 heterocycles. The van der Waals surface area contributed by atoms with Crippen molar-refractivity contribution in [1.29, 1.82) is 5.41 Å². The molecule has 114 valence electrons. The first-order chi connectivity index (χ1) is 9.43. The van der Waals surface area contributed by atoms with Gasteiger partial charge in [0.1, 0.15) is 0 Å². The predicted molar refractivity (Wildman–Crippen MR) is 78.2 cm³/mol. The van der Waals surface area contributed by atoms with E-state index in [-0.39, 0.29) is 23.5 Å². The third kappa shape index (κ3) is 6.25. The van der Waals surface area contributed by atoms with Gasteiger partial charge in [0.05, 0.1) is 5.84 Å². The van der Waals surface area contributed by atoms with E-state index < -0.39 is 6.43 Å². The van der Waals surface area contributed by atoms with Gasteiger partial charge in [-0.05, 0) is 25.8 Å². The fourth-order valence-corrected chi connectivity index (χ4v) is 1.98. The molecule has 0 saturated carbocycles. The fraction of sp³-hybridized carbons (Fsp3) is 0.643. The maximum atomic E-state index is 13.1. The Bertz CT molecular complexity index is 387. The van der Waals surface area contributed by atoms with Crippen molar-refractivity contribution in [3.63, 3.8) is 0 Å².